The van der Waals surface area contributed by atoms with Crippen LogP contribution >= 0.6 is 0 Å². The zero-order valence-electron chi connectivity index (χ0n) is 12.6. The summed E-state index contributed by atoms with van der Waals surface area (Å²) in [5.74, 6) is -1.44. The van der Waals surface area contributed by atoms with Crippen LogP contribution in [0.3, 0.4) is 0 Å². The van der Waals surface area contributed by atoms with Crippen molar-refractivity contribution in [1.82, 2.24) is 0 Å². The van der Waals surface area contributed by atoms with Crippen LogP contribution in [0.1, 0.15) is 36.7 Å². The second kappa shape index (κ2) is 6.44. The SMILES string of the molecule is CCc1ccc(NS(=O)(=O)CC(C)(C)OC)c(C(=O)O)c1. The van der Waals surface area contributed by atoms with Gasteiger partial charge >= 0.3 is 5.97 Å². The third-order valence-corrected chi connectivity index (χ3v) is 4.68. The smallest absolute Gasteiger partial charge is 0.337 e. The van der Waals surface area contributed by atoms with E-state index in [1.807, 2.05) is 6.92 Å². The molecule has 1 rings (SSSR count). The minimum Gasteiger partial charge on any atom is -0.478 e. The fourth-order valence-electron chi connectivity index (χ4n) is 1.80. The lowest BCUT2D eigenvalue weighted by Crippen LogP contribution is -2.35. The van der Waals surface area contributed by atoms with Crippen LogP contribution in [0.2, 0.25) is 0 Å². The molecule has 0 fully saturated rings. The van der Waals surface area contributed by atoms with E-state index in [-0.39, 0.29) is 17.0 Å². The van der Waals surface area contributed by atoms with Crippen LogP contribution in [0.25, 0.3) is 0 Å². The van der Waals surface area contributed by atoms with Crippen LogP contribution in [-0.4, -0.2) is 38.0 Å². The fraction of sp³-hybridized carbons (Fsp3) is 0.500. The molecule has 0 radical (unpaired) electrons. The molecule has 1 aromatic rings. The van der Waals surface area contributed by atoms with Crippen LogP contribution in [0.15, 0.2) is 18.2 Å². The highest BCUT2D eigenvalue weighted by Crippen LogP contribution is 2.21. The zero-order valence-corrected chi connectivity index (χ0v) is 13.5. The Hall–Kier alpha value is -1.60. The van der Waals surface area contributed by atoms with Crippen molar-refractivity contribution < 1.29 is 23.1 Å². The number of aryl methyl sites for hydroxylation is 1. The van der Waals surface area contributed by atoms with Crippen molar-refractivity contribution in [3.8, 4) is 0 Å². The molecular formula is C14H21NO5S. The molecule has 1 aromatic carbocycles. The number of ether oxygens (including phenoxy) is 1. The van der Waals surface area contributed by atoms with Gasteiger partial charge in [0.2, 0.25) is 10.0 Å². The van der Waals surface area contributed by atoms with Gasteiger partial charge in [0, 0.05) is 7.11 Å². The molecule has 0 bridgehead atoms. The molecule has 118 valence electrons. The predicted molar refractivity (Wildman–Crippen MR) is 81.3 cm³/mol. The zero-order chi connectivity index (χ0) is 16.3. The number of carbonyl (C=O) groups is 1. The van der Waals surface area contributed by atoms with Gasteiger partial charge in [-0.15, -0.1) is 0 Å². The van der Waals surface area contributed by atoms with Gasteiger partial charge in [0.15, 0.2) is 0 Å². The summed E-state index contributed by atoms with van der Waals surface area (Å²) < 4.78 is 31.7. The van der Waals surface area contributed by atoms with E-state index in [1.165, 1.54) is 19.2 Å². The number of carboxylic acid groups (broad SMARTS) is 1. The van der Waals surface area contributed by atoms with Crippen molar-refractivity contribution >= 4 is 21.7 Å². The number of carboxylic acids is 1. The van der Waals surface area contributed by atoms with E-state index in [2.05, 4.69) is 4.72 Å². The maximum Gasteiger partial charge on any atom is 0.337 e. The lowest BCUT2D eigenvalue weighted by molar-refractivity contribution is 0.0426. The van der Waals surface area contributed by atoms with Gasteiger partial charge in [-0.3, -0.25) is 4.72 Å². The Balaban J connectivity index is 3.10. The molecule has 0 aliphatic heterocycles. The summed E-state index contributed by atoms with van der Waals surface area (Å²) in [4.78, 5) is 11.3. The van der Waals surface area contributed by atoms with Crippen LogP contribution in [-0.2, 0) is 21.2 Å². The van der Waals surface area contributed by atoms with Gasteiger partial charge in [0.1, 0.15) is 0 Å². The molecule has 0 unspecified atom stereocenters. The van der Waals surface area contributed by atoms with E-state index in [0.29, 0.717) is 6.42 Å². The predicted octanol–water partition coefficient (Wildman–Crippen LogP) is 2.11. The summed E-state index contributed by atoms with van der Waals surface area (Å²) in [5.41, 5.74) is -0.0363. The molecule has 0 aliphatic carbocycles. The third-order valence-electron chi connectivity index (χ3n) is 3.08. The average molecular weight is 315 g/mol. The Morgan fingerprint density at radius 3 is 2.48 bits per heavy atom. The Morgan fingerprint density at radius 1 is 1.38 bits per heavy atom. The minimum atomic E-state index is -3.72. The average Bonchev–Trinajstić information content (AvgIpc) is 2.37. The maximum absolute atomic E-state index is 12.1. The van der Waals surface area contributed by atoms with E-state index in [1.54, 1.807) is 19.9 Å². The van der Waals surface area contributed by atoms with Gasteiger partial charge < -0.3 is 9.84 Å². The number of methoxy groups -OCH3 is 1. The van der Waals surface area contributed by atoms with Crippen molar-refractivity contribution in [1.29, 1.82) is 0 Å². The summed E-state index contributed by atoms with van der Waals surface area (Å²) in [5, 5.41) is 9.20. The van der Waals surface area contributed by atoms with Gasteiger partial charge in [-0.25, -0.2) is 13.2 Å². The molecule has 0 heterocycles. The maximum atomic E-state index is 12.1. The number of nitrogens with one attached hydrogen (secondary N) is 1. The number of aromatic carboxylic acids is 1. The van der Waals surface area contributed by atoms with E-state index < -0.39 is 21.6 Å². The molecule has 0 saturated carbocycles. The van der Waals surface area contributed by atoms with E-state index >= 15 is 0 Å². The highest BCUT2D eigenvalue weighted by Gasteiger charge is 2.27. The molecule has 2 N–H and O–H groups in total. The van der Waals surface area contributed by atoms with Crippen LogP contribution in [0.5, 0.6) is 0 Å². The number of anilines is 1. The van der Waals surface area contributed by atoms with Crippen LogP contribution < -0.4 is 4.72 Å². The first-order chi connectivity index (χ1) is 9.60. The molecule has 0 atom stereocenters. The number of sulfonamides is 1. The lowest BCUT2D eigenvalue weighted by atomic mass is 10.1. The van der Waals surface area contributed by atoms with Crippen molar-refractivity contribution in [2.75, 3.05) is 17.6 Å². The van der Waals surface area contributed by atoms with Gasteiger partial charge in [-0.1, -0.05) is 13.0 Å². The van der Waals surface area contributed by atoms with E-state index in [9.17, 15) is 18.3 Å². The number of hydrogen-bond acceptors (Lipinski definition) is 4. The largest absolute Gasteiger partial charge is 0.478 e. The van der Waals surface area contributed by atoms with Gasteiger partial charge in [-0.2, -0.15) is 0 Å². The summed E-state index contributed by atoms with van der Waals surface area (Å²) >= 11 is 0. The normalized spacial score (nSPS) is 12.2. The standard InChI is InChI=1S/C14H21NO5S/c1-5-10-6-7-12(11(8-10)13(16)17)15-21(18,19)9-14(2,3)20-4/h6-8,15H,5,9H2,1-4H3,(H,16,17). The Labute approximate surface area is 125 Å². The summed E-state index contributed by atoms with van der Waals surface area (Å²) in [7, 11) is -2.29. The van der Waals surface area contributed by atoms with Crippen molar-refractivity contribution in [2.45, 2.75) is 32.8 Å². The molecule has 0 amide bonds. The van der Waals surface area contributed by atoms with Gasteiger partial charge in [0.05, 0.1) is 22.6 Å². The Bertz CT molecular complexity index is 622. The molecule has 0 saturated heterocycles. The van der Waals surface area contributed by atoms with Crippen molar-refractivity contribution in [3.63, 3.8) is 0 Å². The molecule has 7 heteroatoms. The first-order valence-electron chi connectivity index (χ1n) is 6.52. The molecule has 0 spiro atoms. The molecule has 0 aliphatic rings. The Kier molecular flexibility index (Phi) is 5.36. The second-order valence-electron chi connectivity index (χ2n) is 5.36. The third kappa shape index (κ3) is 5.02. The highest BCUT2D eigenvalue weighted by molar-refractivity contribution is 7.92. The monoisotopic (exact) mass is 315 g/mol. The van der Waals surface area contributed by atoms with Crippen molar-refractivity contribution in [3.05, 3.63) is 29.3 Å². The number of rotatable bonds is 7. The number of hydrogen-bond donors (Lipinski definition) is 2. The van der Waals surface area contributed by atoms with Gasteiger partial charge in [-0.05, 0) is 38.0 Å². The lowest BCUT2D eigenvalue weighted by Gasteiger charge is -2.23. The first kappa shape index (κ1) is 17.5. The molecule has 0 aromatic heterocycles. The summed E-state index contributed by atoms with van der Waals surface area (Å²) in [6.45, 7) is 5.18. The highest BCUT2D eigenvalue weighted by atomic mass is 32.2. The first-order valence-corrected chi connectivity index (χ1v) is 8.17. The van der Waals surface area contributed by atoms with E-state index in [4.69, 9.17) is 4.74 Å². The van der Waals surface area contributed by atoms with Crippen LogP contribution in [0, 0.1) is 0 Å². The fourth-order valence-corrected chi connectivity index (χ4v) is 3.42. The molecular weight excluding hydrogens is 294 g/mol. The molecule has 21 heavy (non-hydrogen) atoms. The number of benzene rings is 1. The van der Waals surface area contributed by atoms with Crippen LogP contribution in [0.4, 0.5) is 5.69 Å². The van der Waals surface area contributed by atoms with Crippen molar-refractivity contribution in [2.24, 2.45) is 0 Å². The Morgan fingerprint density at radius 2 is 2.00 bits per heavy atom. The minimum absolute atomic E-state index is 0.0617. The molecule has 6 nitrogen and oxygen atoms in total. The quantitative estimate of drug-likeness (QED) is 0.804. The van der Waals surface area contributed by atoms with Gasteiger partial charge in [0.25, 0.3) is 0 Å². The summed E-state index contributed by atoms with van der Waals surface area (Å²) in [6.07, 6.45) is 0.671. The van der Waals surface area contributed by atoms with E-state index in [0.717, 1.165) is 5.56 Å². The topological polar surface area (TPSA) is 92.7 Å². The summed E-state index contributed by atoms with van der Waals surface area (Å²) in [6, 6.07) is 4.65. The second-order valence-corrected chi connectivity index (χ2v) is 7.09.